The fraction of sp³-hybridized carbons (Fsp3) is 0.500. The van der Waals surface area contributed by atoms with Gasteiger partial charge in [0.2, 0.25) is 0 Å². The van der Waals surface area contributed by atoms with Crippen molar-refractivity contribution in [2.75, 3.05) is 12.4 Å². The average molecular weight is 286 g/mol. The van der Waals surface area contributed by atoms with Crippen LogP contribution in [0.2, 0.25) is 0 Å². The highest BCUT2D eigenvalue weighted by molar-refractivity contribution is 5.95. The number of rotatable bonds is 8. The molecule has 21 heavy (non-hydrogen) atoms. The molecule has 0 amide bonds. The standard InChI is InChI=1S/C18H26N2O/c1-4-5-6-7-9-14(2)20-18-16-10-8-11-17(21-3)15(16)12-13-19-18/h8,10-14H,4-7,9H2,1-3H3,(H,19,20). The molecule has 0 saturated heterocycles. The third-order valence-corrected chi connectivity index (χ3v) is 3.86. The summed E-state index contributed by atoms with van der Waals surface area (Å²) in [7, 11) is 1.71. The van der Waals surface area contributed by atoms with Crippen molar-refractivity contribution in [3.8, 4) is 5.75 Å². The number of ether oxygens (including phenoxy) is 1. The Morgan fingerprint density at radius 2 is 2.00 bits per heavy atom. The molecular weight excluding hydrogens is 260 g/mol. The van der Waals surface area contributed by atoms with Crippen molar-refractivity contribution in [1.82, 2.24) is 4.98 Å². The van der Waals surface area contributed by atoms with Gasteiger partial charge in [-0.1, -0.05) is 44.7 Å². The Bertz CT molecular complexity index is 568. The van der Waals surface area contributed by atoms with Crippen molar-refractivity contribution in [3.63, 3.8) is 0 Å². The molecule has 1 N–H and O–H groups in total. The smallest absolute Gasteiger partial charge is 0.134 e. The van der Waals surface area contributed by atoms with Crippen LogP contribution >= 0.6 is 0 Å². The second-order valence-corrected chi connectivity index (χ2v) is 5.61. The first-order valence-corrected chi connectivity index (χ1v) is 7.94. The second kappa shape index (κ2) is 7.87. The Labute approximate surface area is 127 Å². The van der Waals surface area contributed by atoms with Crippen LogP contribution < -0.4 is 10.1 Å². The van der Waals surface area contributed by atoms with Gasteiger partial charge in [-0.15, -0.1) is 0 Å². The third kappa shape index (κ3) is 4.10. The summed E-state index contributed by atoms with van der Waals surface area (Å²) in [6.45, 7) is 4.47. The van der Waals surface area contributed by atoms with Crippen LogP contribution in [0.1, 0.15) is 46.0 Å². The minimum Gasteiger partial charge on any atom is -0.496 e. The number of hydrogen-bond donors (Lipinski definition) is 1. The van der Waals surface area contributed by atoms with E-state index in [0.717, 1.165) is 22.3 Å². The van der Waals surface area contributed by atoms with E-state index in [1.165, 1.54) is 32.1 Å². The molecule has 0 saturated carbocycles. The lowest BCUT2D eigenvalue weighted by Gasteiger charge is -2.16. The van der Waals surface area contributed by atoms with E-state index < -0.39 is 0 Å². The van der Waals surface area contributed by atoms with Crippen molar-refractivity contribution in [2.24, 2.45) is 0 Å². The largest absolute Gasteiger partial charge is 0.496 e. The Kier molecular flexibility index (Phi) is 5.85. The number of nitrogens with zero attached hydrogens (tertiary/aromatic N) is 1. The maximum absolute atomic E-state index is 5.42. The second-order valence-electron chi connectivity index (χ2n) is 5.61. The summed E-state index contributed by atoms with van der Waals surface area (Å²) >= 11 is 0. The molecule has 1 heterocycles. The van der Waals surface area contributed by atoms with Gasteiger partial charge in [0.25, 0.3) is 0 Å². The zero-order valence-corrected chi connectivity index (χ0v) is 13.4. The van der Waals surface area contributed by atoms with Gasteiger partial charge in [0.15, 0.2) is 0 Å². The van der Waals surface area contributed by atoms with Gasteiger partial charge in [0, 0.05) is 23.0 Å². The predicted octanol–water partition coefficient (Wildman–Crippen LogP) is 5.01. The van der Waals surface area contributed by atoms with Crippen molar-refractivity contribution in [2.45, 2.75) is 52.0 Å². The number of pyridine rings is 1. The molecule has 3 nitrogen and oxygen atoms in total. The van der Waals surface area contributed by atoms with E-state index in [1.807, 2.05) is 24.4 Å². The molecule has 0 bridgehead atoms. The van der Waals surface area contributed by atoms with Gasteiger partial charge in [-0.3, -0.25) is 0 Å². The molecule has 3 heteroatoms. The number of hydrogen-bond acceptors (Lipinski definition) is 3. The van der Waals surface area contributed by atoms with Gasteiger partial charge < -0.3 is 10.1 Å². The summed E-state index contributed by atoms with van der Waals surface area (Å²) in [6.07, 6.45) is 8.23. The Hall–Kier alpha value is -1.77. The van der Waals surface area contributed by atoms with Gasteiger partial charge in [-0.2, -0.15) is 0 Å². The molecule has 1 aromatic heterocycles. The summed E-state index contributed by atoms with van der Waals surface area (Å²) in [6, 6.07) is 8.54. The third-order valence-electron chi connectivity index (χ3n) is 3.86. The first-order valence-electron chi connectivity index (χ1n) is 7.94. The Morgan fingerprint density at radius 3 is 2.76 bits per heavy atom. The van der Waals surface area contributed by atoms with Gasteiger partial charge in [0.1, 0.15) is 11.6 Å². The highest BCUT2D eigenvalue weighted by Crippen LogP contribution is 2.29. The molecule has 0 aliphatic heterocycles. The monoisotopic (exact) mass is 286 g/mol. The van der Waals surface area contributed by atoms with Crippen LogP contribution in [0.3, 0.4) is 0 Å². The lowest BCUT2D eigenvalue weighted by Crippen LogP contribution is -2.16. The molecule has 0 aliphatic carbocycles. The van der Waals surface area contributed by atoms with Crippen molar-refractivity contribution < 1.29 is 4.74 Å². The molecule has 0 fully saturated rings. The topological polar surface area (TPSA) is 34.2 Å². The molecule has 1 unspecified atom stereocenters. The number of nitrogens with one attached hydrogen (secondary N) is 1. The lowest BCUT2D eigenvalue weighted by atomic mass is 10.1. The number of methoxy groups -OCH3 is 1. The zero-order valence-electron chi connectivity index (χ0n) is 13.4. The first-order chi connectivity index (χ1) is 10.3. The molecule has 0 aliphatic rings. The van der Waals surface area contributed by atoms with Crippen LogP contribution in [0.15, 0.2) is 30.5 Å². The molecule has 114 valence electrons. The summed E-state index contributed by atoms with van der Waals surface area (Å²) < 4.78 is 5.42. The first kappa shape index (κ1) is 15.6. The maximum atomic E-state index is 5.42. The molecule has 0 spiro atoms. The van der Waals surface area contributed by atoms with Crippen LogP contribution in [0, 0.1) is 0 Å². The number of anilines is 1. The molecule has 0 radical (unpaired) electrons. The van der Waals surface area contributed by atoms with Gasteiger partial charge in [-0.25, -0.2) is 4.98 Å². The van der Waals surface area contributed by atoms with Crippen LogP contribution in [0.5, 0.6) is 5.75 Å². The van der Waals surface area contributed by atoms with Gasteiger partial charge >= 0.3 is 0 Å². The highest BCUT2D eigenvalue weighted by Gasteiger charge is 2.09. The fourth-order valence-corrected chi connectivity index (χ4v) is 2.65. The molecule has 1 aromatic carbocycles. The maximum Gasteiger partial charge on any atom is 0.134 e. The summed E-state index contributed by atoms with van der Waals surface area (Å²) in [5, 5.41) is 5.78. The van der Waals surface area contributed by atoms with E-state index in [-0.39, 0.29) is 0 Å². The Balaban J connectivity index is 2.08. The van der Waals surface area contributed by atoms with E-state index >= 15 is 0 Å². The van der Waals surface area contributed by atoms with E-state index in [0.29, 0.717) is 6.04 Å². The minimum atomic E-state index is 0.436. The molecular formula is C18H26N2O. The van der Waals surface area contributed by atoms with Gasteiger partial charge in [-0.05, 0) is 25.5 Å². The van der Waals surface area contributed by atoms with Crippen molar-refractivity contribution in [3.05, 3.63) is 30.5 Å². The van der Waals surface area contributed by atoms with Crippen molar-refractivity contribution >= 4 is 16.6 Å². The predicted molar refractivity (Wildman–Crippen MR) is 90.1 cm³/mol. The zero-order chi connectivity index (χ0) is 15.1. The molecule has 1 atom stereocenters. The Morgan fingerprint density at radius 1 is 1.14 bits per heavy atom. The average Bonchev–Trinajstić information content (AvgIpc) is 2.51. The van der Waals surface area contributed by atoms with E-state index in [2.05, 4.69) is 30.2 Å². The fourth-order valence-electron chi connectivity index (χ4n) is 2.65. The van der Waals surface area contributed by atoms with Crippen LogP contribution in [-0.4, -0.2) is 18.1 Å². The van der Waals surface area contributed by atoms with E-state index in [4.69, 9.17) is 4.74 Å². The molecule has 2 rings (SSSR count). The lowest BCUT2D eigenvalue weighted by molar-refractivity contribution is 0.420. The number of unbranched alkanes of at least 4 members (excludes halogenated alkanes) is 3. The SMILES string of the molecule is CCCCCCC(C)Nc1nccc2c(OC)cccc12. The summed E-state index contributed by atoms with van der Waals surface area (Å²) in [5.41, 5.74) is 0. The summed E-state index contributed by atoms with van der Waals surface area (Å²) in [4.78, 5) is 4.50. The van der Waals surface area contributed by atoms with E-state index in [9.17, 15) is 0 Å². The number of fused-ring (bicyclic) bond motifs is 1. The van der Waals surface area contributed by atoms with Gasteiger partial charge in [0.05, 0.1) is 7.11 Å². The number of benzene rings is 1. The van der Waals surface area contributed by atoms with Crippen molar-refractivity contribution in [1.29, 1.82) is 0 Å². The van der Waals surface area contributed by atoms with Crippen LogP contribution in [-0.2, 0) is 0 Å². The quantitative estimate of drug-likeness (QED) is 0.692. The number of aromatic nitrogens is 1. The van der Waals surface area contributed by atoms with Crippen LogP contribution in [0.4, 0.5) is 5.82 Å². The summed E-state index contributed by atoms with van der Waals surface area (Å²) in [5.74, 6) is 1.85. The van der Waals surface area contributed by atoms with E-state index in [1.54, 1.807) is 7.11 Å². The minimum absolute atomic E-state index is 0.436. The normalized spacial score (nSPS) is 12.3. The van der Waals surface area contributed by atoms with Crippen LogP contribution in [0.25, 0.3) is 10.8 Å². The highest BCUT2D eigenvalue weighted by atomic mass is 16.5. The molecule has 2 aromatic rings.